The first kappa shape index (κ1) is 14.8. The van der Waals surface area contributed by atoms with Gasteiger partial charge in [-0.1, -0.05) is 61.5 Å². The molecule has 3 aromatic rings. The maximum absolute atomic E-state index is 2.43. The Labute approximate surface area is 144 Å². The van der Waals surface area contributed by atoms with Crippen LogP contribution < -0.4 is 9.80 Å². The Bertz CT molecular complexity index is 855. The summed E-state index contributed by atoms with van der Waals surface area (Å²) in [6, 6.07) is 26.0. The number of rotatable bonds is 3. The van der Waals surface area contributed by atoms with E-state index in [0.29, 0.717) is 0 Å². The van der Waals surface area contributed by atoms with Gasteiger partial charge in [-0.25, -0.2) is 0 Å². The van der Waals surface area contributed by atoms with Gasteiger partial charge in [0, 0.05) is 12.7 Å². The van der Waals surface area contributed by atoms with Gasteiger partial charge in [0.05, 0.1) is 18.0 Å². The smallest absolute Gasteiger partial charge is 0.0950 e. The van der Waals surface area contributed by atoms with Gasteiger partial charge in [0.25, 0.3) is 0 Å². The van der Waals surface area contributed by atoms with E-state index in [0.717, 1.165) is 13.1 Å². The Morgan fingerprint density at radius 1 is 0.750 bits per heavy atom. The van der Waals surface area contributed by atoms with E-state index in [1.165, 1.54) is 33.8 Å². The molecule has 0 saturated heterocycles. The van der Waals surface area contributed by atoms with Gasteiger partial charge in [0.2, 0.25) is 0 Å². The summed E-state index contributed by atoms with van der Waals surface area (Å²) >= 11 is 0. The number of hydrogen-bond donors (Lipinski definition) is 0. The van der Waals surface area contributed by atoms with Crippen LogP contribution in [-0.2, 0) is 6.42 Å². The number of nitrogens with zero attached hydrogens (tertiary/aromatic N) is 2. The van der Waals surface area contributed by atoms with E-state index >= 15 is 0 Å². The Morgan fingerprint density at radius 3 is 2.17 bits per heavy atom. The predicted octanol–water partition coefficient (Wildman–Crippen LogP) is 5.46. The lowest BCUT2D eigenvalue weighted by Crippen LogP contribution is -2.24. The summed E-state index contributed by atoms with van der Waals surface area (Å²) in [6.07, 6.45) is 1.02. The fourth-order valence-electron chi connectivity index (χ4n) is 3.67. The largest absolute Gasteiger partial charge is 0.355 e. The van der Waals surface area contributed by atoms with E-state index in [4.69, 9.17) is 0 Å². The molecule has 0 bridgehead atoms. The topological polar surface area (TPSA) is 6.48 Å². The number of fused-ring (bicyclic) bond motifs is 1. The average molecular weight is 314 g/mol. The van der Waals surface area contributed by atoms with Crippen molar-refractivity contribution in [2.75, 3.05) is 23.5 Å². The SMILES string of the molecule is CCc1c(-c2ccccc2)cccc1N1CN(C)c2ccccc21. The van der Waals surface area contributed by atoms with Crippen molar-refractivity contribution in [2.24, 2.45) is 0 Å². The lowest BCUT2D eigenvalue weighted by Gasteiger charge is -2.24. The minimum atomic E-state index is 0.893. The molecule has 0 fully saturated rings. The summed E-state index contributed by atoms with van der Waals surface area (Å²) in [6.45, 7) is 3.14. The molecule has 120 valence electrons. The lowest BCUT2D eigenvalue weighted by molar-refractivity contribution is 0.940. The highest BCUT2D eigenvalue weighted by Crippen LogP contribution is 2.42. The first-order valence-electron chi connectivity index (χ1n) is 8.54. The van der Waals surface area contributed by atoms with Gasteiger partial charge in [0.1, 0.15) is 0 Å². The van der Waals surface area contributed by atoms with Gasteiger partial charge in [-0.2, -0.15) is 0 Å². The summed E-state index contributed by atoms with van der Waals surface area (Å²) in [5.74, 6) is 0. The molecule has 0 N–H and O–H groups in total. The third-order valence-corrected chi connectivity index (χ3v) is 4.82. The summed E-state index contributed by atoms with van der Waals surface area (Å²) in [7, 11) is 2.16. The minimum Gasteiger partial charge on any atom is -0.355 e. The van der Waals surface area contributed by atoms with Crippen molar-refractivity contribution in [3.8, 4) is 11.1 Å². The van der Waals surface area contributed by atoms with E-state index < -0.39 is 0 Å². The first-order chi connectivity index (χ1) is 11.8. The number of benzene rings is 3. The highest BCUT2D eigenvalue weighted by molar-refractivity contribution is 5.85. The molecule has 2 heteroatoms. The molecular weight excluding hydrogens is 292 g/mol. The summed E-state index contributed by atoms with van der Waals surface area (Å²) in [4.78, 5) is 4.74. The van der Waals surface area contributed by atoms with E-state index in [2.05, 4.69) is 96.6 Å². The molecule has 2 nitrogen and oxygen atoms in total. The highest BCUT2D eigenvalue weighted by atomic mass is 15.4. The molecule has 1 aliphatic rings. The first-order valence-corrected chi connectivity index (χ1v) is 8.54. The van der Waals surface area contributed by atoms with Crippen LogP contribution in [0.2, 0.25) is 0 Å². The molecule has 3 aromatic carbocycles. The van der Waals surface area contributed by atoms with Crippen molar-refractivity contribution in [1.29, 1.82) is 0 Å². The monoisotopic (exact) mass is 314 g/mol. The zero-order chi connectivity index (χ0) is 16.5. The Hall–Kier alpha value is -2.74. The Kier molecular flexibility index (Phi) is 3.73. The normalized spacial score (nSPS) is 13.2. The predicted molar refractivity (Wildman–Crippen MR) is 103 cm³/mol. The van der Waals surface area contributed by atoms with Crippen LogP contribution in [0.3, 0.4) is 0 Å². The zero-order valence-corrected chi connectivity index (χ0v) is 14.2. The van der Waals surface area contributed by atoms with Crippen LogP contribution in [0.5, 0.6) is 0 Å². The van der Waals surface area contributed by atoms with Crippen LogP contribution in [-0.4, -0.2) is 13.7 Å². The molecule has 0 unspecified atom stereocenters. The molecule has 0 radical (unpaired) electrons. The van der Waals surface area contributed by atoms with E-state index in [9.17, 15) is 0 Å². The molecule has 0 saturated carbocycles. The van der Waals surface area contributed by atoms with Crippen LogP contribution in [0.25, 0.3) is 11.1 Å². The zero-order valence-electron chi connectivity index (χ0n) is 14.2. The lowest BCUT2D eigenvalue weighted by atomic mass is 9.96. The van der Waals surface area contributed by atoms with Gasteiger partial charge in [-0.3, -0.25) is 0 Å². The van der Waals surface area contributed by atoms with Crippen LogP contribution in [0.4, 0.5) is 17.1 Å². The molecule has 0 atom stereocenters. The summed E-state index contributed by atoms with van der Waals surface area (Å²) in [5.41, 5.74) is 7.94. The van der Waals surface area contributed by atoms with Gasteiger partial charge < -0.3 is 9.80 Å². The van der Waals surface area contributed by atoms with Crippen LogP contribution in [0.15, 0.2) is 72.8 Å². The van der Waals surface area contributed by atoms with Crippen LogP contribution in [0, 0.1) is 0 Å². The standard InChI is InChI=1S/C22H22N2/c1-3-18-19(17-10-5-4-6-11-17)12-9-15-20(18)24-16-23(2)21-13-7-8-14-22(21)24/h4-15H,3,16H2,1-2H3. The molecule has 24 heavy (non-hydrogen) atoms. The molecule has 0 spiro atoms. The van der Waals surface area contributed by atoms with Crippen molar-refractivity contribution >= 4 is 17.1 Å². The highest BCUT2D eigenvalue weighted by Gasteiger charge is 2.25. The molecular formula is C22H22N2. The van der Waals surface area contributed by atoms with Gasteiger partial charge in [-0.15, -0.1) is 0 Å². The Morgan fingerprint density at radius 2 is 1.42 bits per heavy atom. The molecule has 0 amide bonds. The van der Waals surface area contributed by atoms with Crippen molar-refractivity contribution < 1.29 is 0 Å². The summed E-state index contributed by atoms with van der Waals surface area (Å²) < 4.78 is 0. The molecule has 0 aromatic heterocycles. The number of para-hydroxylation sites is 2. The molecule has 4 rings (SSSR count). The molecule has 1 heterocycles. The second kappa shape index (κ2) is 6.04. The van der Waals surface area contributed by atoms with Crippen molar-refractivity contribution in [1.82, 2.24) is 0 Å². The second-order valence-electron chi connectivity index (χ2n) is 6.28. The van der Waals surface area contributed by atoms with Crippen molar-refractivity contribution in [3.63, 3.8) is 0 Å². The maximum atomic E-state index is 2.43. The number of anilines is 3. The van der Waals surface area contributed by atoms with Gasteiger partial charge >= 0.3 is 0 Å². The van der Waals surface area contributed by atoms with Crippen molar-refractivity contribution in [3.05, 3.63) is 78.4 Å². The van der Waals surface area contributed by atoms with Crippen LogP contribution >= 0.6 is 0 Å². The second-order valence-corrected chi connectivity index (χ2v) is 6.28. The number of hydrogen-bond acceptors (Lipinski definition) is 2. The quantitative estimate of drug-likeness (QED) is 0.633. The summed E-state index contributed by atoms with van der Waals surface area (Å²) in [5, 5.41) is 0. The Balaban J connectivity index is 1.86. The van der Waals surface area contributed by atoms with E-state index in [-0.39, 0.29) is 0 Å². The molecule has 1 aliphatic heterocycles. The van der Waals surface area contributed by atoms with Gasteiger partial charge in [-0.05, 0) is 41.3 Å². The third kappa shape index (κ3) is 2.35. The van der Waals surface area contributed by atoms with Crippen molar-refractivity contribution in [2.45, 2.75) is 13.3 Å². The molecule has 0 aliphatic carbocycles. The fourth-order valence-corrected chi connectivity index (χ4v) is 3.67. The van der Waals surface area contributed by atoms with Crippen LogP contribution in [0.1, 0.15) is 12.5 Å². The fraction of sp³-hybridized carbons (Fsp3) is 0.182. The maximum Gasteiger partial charge on any atom is 0.0950 e. The average Bonchev–Trinajstić information content (AvgIpc) is 2.99. The van der Waals surface area contributed by atoms with Gasteiger partial charge in [0.15, 0.2) is 0 Å². The third-order valence-electron chi connectivity index (χ3n) is 4.82. The van der Waals surface area contributed by atoms with E-state index in [1.54, 1.807) is 0 Å². The minimum absolute atomic E-state index is 0.893. The van der Waals surface area contributed by atoms with E-state index in [1.807, 2.05) is 0 Å².